The molecule has 0 saturated carbocycles. The van der Waals surface area contributed by atoms with Crippen molar-refractivity contribution in [1.82, 2.24) is 0 Å². The highest BCUT2D eigenvalue weighted by Gasteiger charge is 2.10. The molecule has 20 heavy (non-hydrogen) atoms. The van der Waals surface area contributed by atoms with Crippen LogP contribution in [0, 0.1) is 0 Å². The van der Waals surface area contributed by atoms with Crippen LogP contribution in [0.2, 0.25) is 10.0 Å². The predicted octanol–water partition coefficient (Wildman–Crippen LogP) is 5.57. The molecule has 0 bridgehead atoms. The summed E-state index contributed by atoms with van der Waals surface area (Å²) < 4.78 is 5.23. The summed E-state index contributed by atoms with van der Waals surface area (Å²) in [4.78, 5) is 0. The summed E-state index contributed by atoms with van der Waals surface area (Å²) in [5, 5.41) is 4.84. The van der Waals surface area contributed by atoms with E-state index in [0.29, 0.717) is 10.8 Å². The molecule has 0 radical (unpaired) electrons. The van der Waals surface area contributed by atoms with E-state index in [4.69, 9.17) is 27.9 Å². The van der Waals surface area contributed by atoms with Crippen molar-refractivity contribution in [1.29, 1.82) is 0 Å². The van der Waals surface area contributed by atoms with Gasteiger partial charge in [-0.05, 0) is 36.2 Å². The molecule has 2 rings (SSSR count). The van der Waals surface area contributed by atoms with E-state index in [-0.39, 0.29) is 6.04 Å². The molecule has 0 amide bonds. The van der Waals surface area contributed by atoms with E-state index >= 15 is 0 Å². The third-order valence-corrected chi connectivity index (χ3v) is 3.74. The number of halogens is 2. The van der Waals surface area contributed by atoms with Gasteiger partial charge in [0.2, 0.25) is 0 Å². The molecule has 0 heterocycles. The van der Waals surface area contributed by atoms with Crippen LogP contribution in [-0.2, 0) is 0 Å². The Hall–Kier alpha value is -1.38. The number of hydrogen-bond donors (Lipinski definition) is 1. The standard InChI is InChI=1S/C16H17Cl2NO/c1-3-15(11-4-6-12(17)7-5-11)19-13-8-9-14(18)16(10-13)20-2/h4-10,15,19H,3H2,1-2H3. The van der Waals surface area contributed by atoms with Gasteiger partial charge in [0.25, 0.3) is 0 Å². The molecule has 1 atom stereocenters. The van der Waals surface area contributed by atoms with Crippen molar-refractivity contribution < 1.29 is 4.74 Å². The quantitative estimate of drug-likeness (QED) is 0.780. The van der Waals surface area contributed by atoms with Gasteiger partial charge in [-0.25, -0.2) is 0 Å². The minimum atomic E-state index is 0.221. The van der Waals surface area contributed by atoms with Gasteiger partial charge >= 0.3 is 0 Å². The van der Waals surface area contributed by atoms with Gasteiger partial charge in [0, 0.05) is 16.8 Å². The average molecular weight is 310 g/mol. The Kier molecular flexibility index (Phi) is 5.16. The van der Waals surface area contributed by atoms with E-state index < -0.39 is 0 Å². The molecule has 2 nitrogen and oxygen atoms in total. The van der Waals surface area contributed by atoms with Gasteiger partial charge in [-0.3, -0.25) is 0 Å². The Bertz CT molecular complexity index is 569. The van der Waals surface area contributed by atoms with E-state index in [1.54, 1.807) is 7.11 Å². The summed E-state index contributed by atoms with van der Waals surface area (Å²) in [5.41, 5.74) is 2.18. The molecular weight excluding hydrogens is 293 g/mol. The van der Waals surface area contributed by atoms with Gasteiger partial charge < -0.3 is 10.1 Å². The van der Waals surface area contributed by atoms with Crippen LogP contribution in [0.3, 0.4) is 0 Å². The summed E-state index contributed by atoms with van der Waals surface area (Å²) in [7, 11) is 1.61. The SMILES string of the molecule is CCC(Nc1ccc(Cl)c(OC)c1)c1ccc(Cl)cc1. The van der Waals surface area contributed by atoms with Crippen molar-refractivity contribution in [2.24, 2.45) is 0 Å². The Balaban J connectivity index is 2.19. The van der Waals surface area contributed by atoms with Gasteiger partial charge in [-0.2, -0.15) is 0 Å². The zero-order valence-electron chi connectivity index (χ0n) is 11.5. The lowest BCUT2D eigenvalue weighted by atomic mass is 10.0. The molecule has 0 aliphatic carbocycles. The van der Waals surface area contributed by atoms with E-state index in [0.717, 1.165) is 17.1 Å². The molecular formula is C16H17Cl2NO. The van der Waals surface area contributed by atoms with E-state index in [9.17, 15) is 0 Å². The monoisotopic (exact) mass is 309 g/mol. The fourth-order valence-electron chi connectivity index (χ4n) is 2.07. The molecule has 4 heteroatoms. The number of nitrogens with one attached hydrogen (secondary N) is 1. The maximum atomic E-state index is 6.03. The van der Waals surface area contributed by atoms with Gasteiger partial charge in [0.05, 0.1) is 18.2 Å². The first kappa shape index (κ1) is 15.0. The van der Waals surface area contributed by atoms with Crippen LogP contribution in [-0.4, -0.2) is 7.11 Å². The first-order chi connectivity index (χ1) is 9.63. The highest BCUT2D eigenvalue weighted by molar-refractivity contribution is 6.32. The second-order valence-corrected chi connectivity index (χ2v) is 5.35. The molecule has 2 aromatic rings. The lowest BCUT2D eigenvalue weighted by Gasteiger charge is -2.19. The minimum absolute atomic E-state index is 0.221. The maximum Gasteiger partial charge on any atom is 0.139 e. The minimum Gasteiger partial charge on any atom is -0.495 e. The lowest BCUT2D eigenvalue weighted by molar-refractivity contribution is 0.415. The van der Waals surface area contributed by atoms with Crippen molar-refractivity contribution in [3.63, 3.8) is 0 Å². The molecule has 1 N–H and O–H groups in total. The Morgan fingerprint density at radius 1 is 1.10 bits per heavy atom. The van der Waals surface area contributed by atoms with Crippen LogP contribution in [0.1, 0.15) is 24.9 Å². The molecule has 0 aliphatic heterocycles. The van der Waals surface area contributed by atoms with Crippen molar-refractivity contribution in [2.75, 3.05) is 12.4 Å². The molecule has 0 spiro atoms. The van der Waals surface area contributed by atoms with Crippen LogP contribution in [0.25, 0.3) is 0 Å². The molecule has 0 aromatic heterocycles. The van der Waals surface area contributed by atoms with E-state index in [2.05, 4.69) is 12.2 Å². The number of hydrogen-bond acceptors (Lipinski definition) is 2. The molecule has 106 valence electrons. The second-order valence-electron chi connectivity index (χ2n) is 4.51. The first-order valence-corrected chi connectivity index (χ1v) is 7.25. The largest absolute Gasteiger partial charge is 0.495 e. The van der Waals surface area contributed by atoms with Crippen LogP contribution in [0.15, 0.2) is 42.5 Å². The van der Waals surface area contributed by atoms with Crippen LogP contribution < -0.4 is 10.1 Å². The van der Waals surface area contributed by atoms with Gasteiger partial charge in [0.15, 0.2) is 0 Å². The summed E-state index contributed by atoms with van der Waals surface area (Å²) in [5.74, 6) is 0.669. The van der Waals surface area contributed by atoms with Crippen molar-refractivity contribution in [3.8, 4) is 5.75 Å². The van der Waals surface area contributed by atoms with Gasteiger partial charge in [-0.1, -0.05) is 42.3 Å². The summed E-state index contributed by atoms with van der Waals surface area (Å²) >= 11 is 12.0. The van der Waals surface area contributed by atoms with Crippen molar-refractivity contribution in [3.05, 3.63) is 58.1 Å². The molecule has 0 aliphatic rings. The van der Waals surface area contributed by atoms with E-state index in [1.807, 2.05) is 42.5 Å². The third kappa shape index (κ3) is 3.59. The molecule has 0 saturated heterocycles. The fraction of sp³-hybridized carbons (Fsp3) is 0.250. The third-order valence-electron chi connectivity index (χ3n) is 3.17. The molecule has 0 fully saturated rings. The topological polar surface area (TPSA) is 21.3 Å². The van der Waals surface area contributed by atoms with Crippen LogP contribution in [0.5, 0.6) is 5.75 Å². The Labute approximate surface area is 129 Å². The smallest absolute Gasteiger partial charge is 0.139 e. The normalized spacial score (nSPS) is 12.0. The van der Waals surface area contributed by atoms with Gasteiger partial charge in [0.1, 0.15) is 5.75 Å². The number of ether oxygens (including phenoxy) is 1. The fourth-order valence-corrected chi connectivity index (χ4v) is 2.39. The van der Waals surface area contributed by atoms with Crippen molar-refractivity contribution >= 4 is 28.9 Å². The zero-order valence-corrected chi connectivity index (χ0v) is 13.0. The number of rotatable bonds is 5. The number of methoxy groups -OCH3 is 1. The first-order valence-electron chi connectivity index (χ1n) is 6.49. The Morgan fingerprint density at radius 2 is 1.80 bits per heavy atom. The Morgan fingerprint density at radius 3 is 2.40 bits per heavy atom. The zero-order chi connectivity index (χ0) is 14.5. The van der Waals surface area contributed by atoms with E-state index in [1.165, 1.54) is 5.56 Å². The highest BCUT2D eigenvalue weighted by Crippen LogP contribution is 2.30. The predicted molar refractivity (Wildman–Crippen MR) is 86.1 cm³/mol. The number of anilines is 1. The van der Waals surface area contributed by atoms with Crippen LogP contribution >= 0.6 is 23.2 Å². The van der Waals surface area contributed by atoms with Crippen LogP contribution in [0.4, 0.5) is 5.69 Å². The second kappa shape index (κ2) is 6.87. The average Bonchev–Trinajstić information content (AvgIpc) is 2.47. The maximum absolute atomic E-state index is 6.03. The summed E-state index contributed by atoms with van der Waals surface area (Å²) in [6.45, 7) is 2.14. The lowest BCUT2D eigenvalue weighted by Crippen LogP contribution is -2.09. The summed E-state index contributed by atoms with van der Waals surface area (Å²) in [6.07, 6.45) is 0.965. The number of benzene rings is 2. The molecule has 2 aromatic carbocycles. The van der Waals surface area contributed by atoms with Crippen molar-refractivity contribution in [2.45, 2.75) is 19.4 Å². The van der Waals surface area contributed by atoms with Gasteiger partial charge in [-0.15, -0.1) is 0 Å². The molecule has 1 unspecified atom stereocenters. The highest BCUT2D eigenvalue weighted by atomic mass is 35.5. The summed E-state index contributed by atoms with van der Waals surface area (Å²) in [6, 6.07) is 13.8.